The number of ether oxygens (including phenoxy) is 1. The van der Waals surface area contributed by atoms with Crippen LogP contribution in [-0.4, -0.2) is 11.9 Å². The number of carbonyl (C=O) groups is 1. The van der Waals surface area contributed by atoms with Gasteiger partial charge >= 0.3 is 0 Å². The molecule has 104 valence electrons. The van der Waals surface area contributed by atoms with Gasteiger partial charge in [-0.05, 0) is 17.7 Å². The summed E-state index contributed by atoms with van der Waals surface area (Å²) in [6, 6.07) is 16.1. The van der Waals surface area contributed by atoms with Crippen molar-refractivity contribution in [1.82, 2.24) is 0 Å². The maximum atomic E-state index is 12.0. The van der Waals surface area contributed by atoms with Gasteiger partial charge in [0, 0.05) is 0 Å². The van der Waals surface area contributed by atoms with Gasteiger partial charge in [-0.3, -0.25) is 4.79 Å². The van der Waals surface area contributed by atoms with Crippen molar-refractivity contribution in [2.75, 3.05) is 5.32 Å². The first kappa shape index (κ1) is 14.4. The molecule has 1 aliphatic rings. The number of carbonyl (C=O) groups excluding carboxylic acids is 1. The highest BCUT2D eigenvalue weighted by atomic mass is 35.5. The Morgan fingerprint density at radius 3 is 2.40 bits per heavy atom. The van der Waals surface area contributed by atoms with Crippen LogP contribution in [0.4, 0.5) is 5.69 Å². The van der Waals surface area contributed by atoms with Crippen molar-refractivity contribution in [3.05, 3.63) is 60.2 Å². The van der Waals surface area contributed by atoms with Crippen molar-refractivity contribution in [2.24, 2.45) is 5.73 Å². The fourth-order valence-corrected chi connectivity index (χ4v) is 2.15. The van der Waals surface area contributed by atoms with Crippen molar-refractivity contribution in [3.63, 3.8) is 0 Å². The van der Waals surface area contributed by atoms with Crippen molar-refractivity contribution in [2.45, 2.75) is 12.1 Å². The van der Waals surface area contributed by atoms with E-state index in [1.54, 1.807) is 6.07 Å². The molecule has 0 spiro atoms. The van der Waals surface area contributed by atoms with Gasteiger partial charge in [0.05, 0.1) is 5.69 Å². The zero-order valence-electron chi connectivity index (χ0n) is 10.7. The highest BCUT2D eigenvalue weighted by Crippen LogP contribution is 2.33. The molecule has 0 unspecified atom stereocenters. The minimum Gasteiger partial charge on any atom is -0.481 e. The lowest BCUT2D eigenvalue weighted by molar-refractivity contribution is -0.119. The molecule has 5 heteroatoms. The summed E-state index contributed by atoms with van der Waals surface area (Å²) in [5.41, 5.74) is 7.54. The monoisotopic (exact) mass is 290 g/mol. The molecule has 1 amide bonds. The van der Waals surface area contributed by atoms with E-state index in [0.29, 0.717) is 11.4 Å². The van der Waals surface area contributed by atoms with Crippen LogP contribution in [-0.2, 0) is 4.79 Å². The molecule has 0 saturated carbocycles. The summed E-state index contributed by atoms with van der Waals surface area (Å²) in [4.78, 5) is 12.0. The lowest BCUT2D eigenvalue weighted by Gasteiger charge is -2.21. The summed E-state index contributed by atoms with van der Waals surface area (Å²) in [5.74, 6) is 0.399. The highest BCUT2D eigenvalue weighted by Gasteiger charge is 2.31. The van der Waals surface area contributed by atoms with Crippen LogP contribution < -0.4 is 15.8 Å². The van der Waals surface area contributed by atoms with E-state index < -0.39 is 12.1 Å². The van der Waals surface area contributed by atoms with Crippen molar-refractivity contribution in [3.8, 4) is 5.75 Å². The number of para-hydroxylation sites is 2. The molecule has 2 aromatic carbocycles. The number of benzene rings is 2. The molecule has 2 atom stereocenters. The number of fused-ring (bicyclic) bond motifs is 1. The molecule has 0 radical (unpaired) electrons. The number of amides is 1. The van der Waals surface area contributed by atoms with Crippen molar-refractivity contribution >= 4 is 24.0 Å². The average Bonchev–Trinajstić information content (AvgIpc) is 2.58. The zero-order chi connectivity index (χ0) is 13.2. The number of nitrogens with two attached hydrogens (primary N) is 1. The SMILES string of the molecule is Cl.N[C@H]1C(=O)Nc2ccccc2O[C@H]1c1ccccc1. The molecular formula is C15H15ClN2O2. The van der Waals surface area contributed by atoms with E-state index in [2.05, 4.69) is 5.32 Å². The third-order valence-electron chi connectivity index (χ3n) is 3.16. The Kier molecular flexibility index (Phi) is 4.27. The van der Waals surface area contributed by atoms with Crippen LogP contribution in [0.2, 0.25) is 0 Å². The summed E-state index contributed by atoms with van der Waals surface area (Å²) in [6.07, 6.45) is -0.482. The number of hydrogen-bond acceptors (Lipinski definition) is 3. The summed E-state index contributed by atoms with van der Waals surface area (Å²) in [6.45, 7) is 0. The molecule has 3 N–H and O–H groups in total. The second-order valence-corrected chi connectivity index (χ2v) is 4.46. The molecule has 0 aromatic heterocycles. The molecule has 2 aromatic rings. The molecule has 0 aliphatic carbocycles. The van der Waals surface area contributed by atoms with E-state index in [4.69, 9.17) is 10.5 Å². The van der Waals surface area contributed by atoms with Crippen LogP contribution in [0.5, 0.6) is 5.75 Å². The molecular weight excluding hydrogens is 276 g/mol. The van der Waals surface area contributed by atoms with Crippen LogP contribution in [0, 0.1) is 0 Å². The van der Waals surface area contributed by atoms with Gasteiger partial charge in [0.1, 0.15) is 17.9 Å². The van der Waals surface area contributed by atoms with Gasteiger partial charge in [-0.15, -0.1) is 12.4 Å². The molecule has 4 nitrogen and oxygen atoms in total. The van der Waals surface area contributed by atoms with E-state index in [1.807, 2.05) is 48.5 Å². The number of rotatable bonds is 1. The fourth-order valence-electron chi connectivity index (χ4n) is 2.15. The van der Waals surface area contributed by atoms with Crippen LogP contribution in [0.1, 0.15) is 11.7 Å². The second kappa shape index (κ2) is 5.94. The quantitative estimate of drug-likeness (QED) is 0.848. The van der Waals surface area contributed by atoms with E-state index in [0.717, 1.165) is 5.56 Å². The first-order valence-electron chi connectivity index (χ1n) is 6.13. The van der Waals surface area contributed by atoms with Gasteiger partial charge in [-0.1, -0.05) is 42.5 Å². The highest BCUT2D eigenvalue weighted by molar-refractivity contribution is 5.97. The fraction of sp³-hybridized carbons (Fsp3) is 0.133. The van der Waals surface area contributed by atoms with Gasteiger partial charge in [-0.25, -0.2) is 0 Å². The Morgan fingerprint density at radius 2 is 1.65 bits per heavy atom. The van der Waals surface area contributed by atoms with Gasteiger partial charge in [0.25, 0.3) is 0 Å². The second-order valence-electron chi connectivity index (χ2n) is 4.46. The van der Waals surface area contributed by atoms with Gasteiger partial charge in [0.15, 0.2) is 0 Å². The Morgan fingerprint density at radius 1 is 1.00 bits per heavy atom. The molecule has 1 heterocycles. The standard InChI is InChI=1S/C15H14N2O2.ClH/c16-13-14(10-6-2-1-3-7-10)19-12-9-5-4-8-11(12)17-15(13)18;/h1-9,13-14H,16H2,(H,17,18);1H/t13-,14+;/m1./s1. The maximum absolute atomic E-state index is 12.0. The van der Waals surface area contributed by atoms with Crippen molar-refractivity contribution < 1.29 is 9.53 Å². The number of halogens is 1. The normalized spacial score (nSPS) is 20.8. The zero-order valence-corrected chi connectivity index (χ0v) is 11.5. The minimum absolute atomic E-state index is 0. The Labute approximate surface area is 123 Å². The molecule has 20 heavy (non-hydrogen) atoms. The minimum atomic E-state index is -0.741. The summed E-state index contributed by atoms with van der Waals surface area (Å²) >= 11 is 0. The van der Waals surface area contributed by atoms with Crippen LogP contribution >= 0.6 is 12.4 Å². The molecule has 0 saturated heterocycles. The van der Waals surface area contributed by atoms with Gasteiger partial charge in [-0.2, -0.15) is 0 Å². The van der Waals surface area contributed by atoms with E-state index in [9.17, 15) is 4.79 Å². The predicted octanol–water partition coefficient (Wildman–Crippen LogP) is 2.51. The predicted molar refractivity (Wildman–Crippen MR) is 80.1 cm³/mol. The van der Waals surface area contributed by atoms with E-state index in [-0.39, 0.29) is 18.3 Å². The summed E-state index contributed by atoms with van der Waals surface area (Å²) < 4.78 is 5.92. The first-order valence-corrected chi connectivity index (χ1v) is 6.13. The van der Waals surface area contributed by atoms with Gasteiger partial charge < -0.3 is 15.8 Å². The van der Waals surface area contributed by atoms with E-state index in [1.165, 1.54) is 0 Å². The maximum Gasteiger partial charge on any atom is 0.245 e. The summed E-state index contributed by atoms with van der Waals surface area (Å²) in [7, 11) is 0. The number of nitrogens with one attached hydrogen (secondary N) is 1. The summed E-state index contributed by atoms with van der Waals surface area (Å²) in [5, 5.41) is 2.78. The number of hydrogen-bond donors (Lipinski definition) is 2. The molecule has 1 aliphatic heterocycles. The van der Waals surface area contributed by atoms with Crippen molar-refractivity contribution in [1.29, 1.82) is 0 Å². The first-order chi connectivity index (χ1) is 9.25. The Bertz CT molecular complexity index is 604. The molecule has 0 bridgehead atoms. The van der Waals surface area contributed by atoms with Crippen LogP contribution in [0.25, 0.3) is 0 Å². The third kappa shape index (κ3) is 2.61. The van der Waals surface area contributed by atoms with Crippen LogP contribution in [0.3, 0.4) is 0 Å². The topological polar surface area (TPSA) is 64.4 Å². The smallest absolute Gasteiger partial charge is 0.245 e. The van der Waals surface area contributed by atoms with E-state index >= 15 is 0 Å². The number of anilines is 1. The molecule has 3 rings (SSSR count). The Balaban J connectivity index is 0.00000147. The molecule has 0 fully saturated rings. The Hall–Kier alpha value is -2.04. The average molecular weight is 291 g/mol. The van der Waals surface area contributed by atoms with Crippen LogP contribution in [0.15, 0.2) is 54.6 Å². The third-order valence-corrected chi connectivity index (χ3v) is 3.16. The van der Waals surface area contributed by atoms with Gasteiger partial charge in [0.2, 0.25) is 5.91 Å². The lowest BCUT2D eigenvalue weighted by Crippen LogP contribution is -2.41. The lowest BCUT2D eigenvalue weighted by atomic mass is 10.0. The largest absolute Gasteiger partial charge is 0.481 e.